The van der Waals surface area contributed by atoms with E-state index in [0.717, 1.165) is 62.5 Å². The molecule has 7 aromatic carbocycles. The van der Waals surface area contributed by atoms with Crippen LogP contribution in [-0.4, -0.2) is 14.5 Å². The van der Waals surface area contributed by atoms with Crippen LogP contribution in [-0.2, 0) is 5.41 Å². The van der Waals surface area contributed by atoms with E-state index in [1.807, 2.05) is 24.3 Å². The van der Waals surface area contributed by atoms with E-state index in [9.17, 15) is 0 Å². The van der Waals surface area contributed by atoms with E-state index < -0.39 is 5.41 Å². The highest BCUT2D eigenvalue weighted by molar-refractivity contribution is 6.10. The summed E-state index contributed by atoms with van der Waals surface area (Å²) in [5.74, 6) is 1.94. The number of benzene rings is 7. The topological polar surface area (TPSA) is 47.1 Å². The van der Waals surface area contributed by atoms with Crippen molar-refractivity contribution in [3.05, 3.63) is 228 Å². The maximum atomic E-state index is 7.07. The van der Waals surface area contributed by atoms with Gasteiger partial charge in [0.2, 0.25) is 0 Å². The highest BCUT2D eigenvalue weighted by Crippen LogP contribution is 2.64. The van der Waals surface area contributed by atoms with E-state index in [-0.39, 0.29) is 12.0 Å². The minimum Gasteiger partial charge on any atom is -0.458 e. The van der Waals surface area contributed by atoms with Gasteiger partial charge >= 0.3 is 0 Å². The molecular weight excluding hydrogens is 793 g/mol. The Kier molecular flexibility index (Phi) is 8.38. The lowest BCUT2D eigenvalue weighted by Crippen LogP contribution is -2.38. The number of hydrogen-bond acceptors (Lipinski definition) is 4. The lowest BCUT2D eigenvalue weighted by Gasteiger charge is -2.42. The molecule has 65 heavy (non-hydrogen) atoms. The molecule has 0 spiro atoms. The van der Waals surface area contributed by atoms with Gasteiger partial charge in [-0.1, -0.05) is 159 Å². The zero-order valence-corrected chi connectivity index (χ0v) is 36.2. The van der Waals surface area contributed by atoms with Gasteiger partial charge in [0.25, 0.3) is 0 Å². The minimum absolute atomic E-state index is 0.168. The second-order valence-electron chi connectivity index (χ2n) is 17.9. The number of fused-ring (bicyclic) bond motifs is 10. The molecule has 0 radical (unpaired) electrons. The van der Waals surface area contributed by atoms with Crippen molar-refractivity contribution in [2.24, 2.45) is 5.92 Å². The molecule has 0 saturated heterocycles. The Morgan fingerprint density at radius 1 is 0.585 bits per heavy atom. The van der Waals surface area contributed by atoms with Gasteiger partial charge in [-0.05, 0) is 90.6 Å². The van der Waals surface area contributed by atoms with Crippen molar-refractivity contribution >= 4 is 55.9 Å². The third kappa shape index (κ3) is 5.71. The summed E-state index contributed by atoms with van der Waals surface area (Å²) in [5.41, 5.74) is 16.5. The fourth-order valence-corrected chi connectivity index (χ4v) is 11.2. The summed E-state index contributed by atoms with van der Waals surface area (Å²) in [5, 5.41) is 3.71. The van der Waals surface area contributed by atoms with Crippen LogP contribution in [0.3, 0.4) is 0 Å². The first-order chi connectivity index (χ1) is 32.0. The average molecular weight is 837 g/mol. The molecular formula is C60H44N4O. The Labute approximate surface area is 378 Å². The zero-order valence-electron chi connectivity index (χ0n) is 36.2. The smallest absolute Gasteiger partial charge is 0.160 e. The third-order valence-corrected chi connectivity index (χ3v) is 14.2. The van der Waals surface area contributed by atoms with E-state index in [2.05, 4.69) is 205 Å². The summed E-state index contributed by atoms with van der Waals surface area (Å²) in [7, 11) is 0. The van der Waals surface area contributed by atoms with Gasteiger partial charge in [-0.25, -0.2) is 9.97 Å². The fourth-order valence-electron chi connectivity index (χ4n) is 11.2. The van der Waals surface area contributed by atoms with E-state index in [0.29, 0.717) is 5.82 Å². The van der Waals surface area contributed by atoms with Crippen LogP contribution in [0.25, 0.3) is 78.5 Å². The van der Waals surface area contributed by atoms with Crippen LogP contribution in [0.15, 0.2) is 216 Å². The van der Waals surface area contributed by atoms with Gasteiger partial charge < -0.3 is 13.9 Å². The number of para-hydroxylation sites is 4. The minimum atomic E-state index is -0.457. The molecule has 13 rings (SSSR count). The van der Waals surface area contributed by atoms with Crippen LogP contribution < -0.4 is 4.90 Å². The number of hydrogen-bond donors (Lipinski definition) is 0. The van der Waals surface area contributed by atoms with Crippen LogP contribution in [0, 0.1) is 5.92 Å². The lowest BCUT2D eigenvalue weighted by molar-refractivity contribution is 0.392. The third-order valence-electron chi connectivity index (χ3n) is 14.2. The van der Waals surface area contributed by atoms with E-state index >= 15 is 0 Å². The maximum absolute atomic E-state index is 7.07. The van der Waals surface area contributed by atoms with Crippen LogP contribution in [0.4, 0.5) is 11.4 Å². The molecule has 0 amide bonds. The van der Waals surface area contributed by atoms with Crippen molar-refractivity contribution in [1.29, 1.82) is 0 Å². The number of rotatable bonds is 6. The summed E-state index contributed by atoms with van der Waals surface area (Å²) < 4.78 is 9.55. The largest absolute Gasteiger partial charge is 0.458 e. The van der Waals surface area contributed by atoms with Gasteiger partial charge in [0.05, 0.1) is 22.4 Å². The molecule has 0 fully saturated rings. The SMILES string of the molecule is C[C@@H]1CC(n2c3ccccc3c3ccccc32)=CC=C1C1=Cc2c(oc3ccccc23)C2N(c3cccc(-c4cc(-c5ccccc5)nc(-c5ccccc5)n4)c3)c3ccccc3C12C. The summed E-state index contributed by atoms with van der Waals surface area (Å²) in [6.45, 7) is 4.86. The Morgan fingerprint density at radius 3 is 1.94 bits per heavy atom. The predicted molar refractivity (Wildman–Crippen MR) is 267 cm³/mol. The Balaban J connectivity index is 0.986. The molecule has 5 heteroatoms. The van der Waals surface area contributed by atoms with Gasteiger partial charge in [0.1, 0.15) is 17.4 Å². The normalized spacial score (nSPS) is 18.9. The number of nitrogens with zero attached hydrogens (tertiary/aromatic N) is 4. The summed E-state index contributed by atoms with van der Waals surface area (Å²) in [6.07, 6.45) is 8.18. The zero-order chi connectivity index (χ0) is 43.2. The van der Waals surface area contributed by atoms with Gasteiger partial charge in [0, 0.05) is 60.9 Å². The Bertz CT molecular complexity index is 3520. The van der Waals surface area contributed by atoms with Crippen molar-refractivity contribution in [2.45, 2.75) is 31.7 Å². The van der Waals surface area contributed by atoms with Crippen molar-refractivity contribution < 1.29 is 4.42 Å². The maximum Gasteiger partial charge on any atom is 0.160 e. The average Bonchev–Trinajstić information content (AvgIpc) is 4.00. The first-order valence-corrected chi connectivity index (χ1v) is 22.7. The molecule has 3 aromatic heterocycles. The van der Waals surface area contributed by atoms with E-state index in [4.69, 9.17) is 14.4 Å². The first kappa shape index (κ1) is 37.5. The predicted octanol–water partition coefficient (Wildman–Crippen LogP) is 15.4. The molecule has 10 aromatic rings. The molecule has 2 unspecified atom stereocenters. The molecule has 0 saturated carbocycles. The number of aromatic nitrogens is 3. The van der Waals surface area contributed by atoms with Crippen molar-refractivity contribution in [1.82, 2.24) is 14.5 Å². The molecule has 310 valence electrons. The summed E-state index contributed by atoms with van der Waals surface area (Å²) in [4.78, 5) is 12.9. The van der Waals surface area contributed by atoms with Gasteiger partial charge in [0.15, 0.2) is 5.82 Å². The van der Waals surface area contributed by atoms with E-state index in [1.54, 1.807) is 0 Å². The van der Waals surface area contributed by atoms with E-state index in [1.165, 1.54) is 49.9 Å². The fraction of sp³-hybridized carbons (Fsp3) is 0.100. The monoisotopic (exact) mass is 836 g/mol. The molecule has 5 nitrogen and oxygen atoms in total. The highest BCUT2D eigenvalue weighted by atomic mass is 16.3. The van der Waals surface area contributed by atoms with Crippen LogP contribution >= 0.6 is 0 Å². The lowest BCUT2D eigenvalue weighted by atomic mass is 9.63. The number of furan rings is 1. The molecule has 2 aliphatic carbocycles. The Morgan fingerprint density at radius 2 is 1.20 bits per heavy atom. The number of allylic oxidation sites excluding steroid dienone is 4. The second kappa shape index (κ2) is 14.5. The number of anilines is 2. The highest BCUT2D eigenvalue weighted by Gasteiger charge is 2.56. The van der Waals surface area contributed by atoms with Crippen LogP contribution in [0.1, 0.15) is 43.2 Å². The summed E-state index contributed by atoms with van der Waals surface area (Å²) in [6, 6.07) is 66.6. The first-order valence-electron chi connectivity index (χ1n) is 22.7. The quantitative estimate of drug-likeness (QED) is 0.167. The van der Waals surface area contributed by atoms with Crippen LogP contribution in [0.5, 0.6) is 0 Å². The molecule has 4 heterocycles. The van der Waals surface area contributed by atoms with Crippen molar-refractivity contribution in [3.63, 3.8) is 0 Å². The molecule has 3 atom stereocenters. The molecule has 3 aliphatic rings. The second-order valence-corrected chi connectivity index (χ2v) is 17.9. The molecule has 1 aliphatic heterocycles. The Hall–Kier alpha value is -8.02. The van der Waals surface area contributed by atoms with Gasteiger partial charge in [-0.3, -0.25) is 0 Å². The van der Waals surface area contributed by atoms with Crippen molar-refractivity contribution in [3.8, 4) is 33.9 Å². The molecule has 0 bridgehead atoms. The van der Waals surface area contributed by atoms with Gasteiger partial charge in [-0.15, -0.1) is 0 Å². The van der Waals surface area contributed by atoms with Gasteiger partial charge in [-0.2, -0.15) is 0 Å². The summed E-state index contributed by atoms with van der Waals surface area (Å²) >= 11 is 0. The van der Waals surface area contributed by atoms with Crippen LogP contribution in [0.2, 0.25) is 0 Å². The van der Waals surface area contributed by atoms with Crippen molar-refractivity contribution in [2.75, 3.05) is 4.90 Å². The molecule has 0 N–H and O–H groups in total. The standard InChI is InChI=1S/C60H44N4O/c1-38-34-43(63-53-28-13-9-24-45(53)46-25-10-14-29-54(46)63)32-33-44(38)50-36-48-47-26-11-16-31-56(47)65-57(48)58-60(50,2)49-27-12-15-30-55(49)64(58)42-23-17-22-41(35-42)52-37-51(39-18-5-3-6-19-39)61-59(62-52)40-20-7-4-8-21-40/h3-33,35-38,58H,34H2,1-2H3/t38-,58?,60?/m1/s1.